The van der Waals surface area contributed by atoms with E-state index in [0.29, 0.717) is 11.6 Å². The molecule has 1 N–H and O–H groups in total. The summed E-state index contributed by atoms with van der Waals surface area (Å²) in [5.41, 5.74) is 1.92. The van der Waals surface area contributed by atoms with E-state index in [2.05, 4.69) is 26.2 Å². The fourth-order valence-corrected chi connectivity index (χ4v) is 4.02. The monoisotopic (exact) mass is 378 g/mol. The first-order valence-corrected chi connectivity index (χ1v) is 9.65. The Labute approximate surface area is 157 Å². The van der Waals surface area contributed by atoms with Crippen LogP contribution in [0.15, 0.2) is 12.1 Å². The van der Waals surface area contributed by atoms with Crippen molar-refractivity contribution in [1.29, 1.82) is 0 Å². The van der Waals surface area contributed by atoms with Crippen LogP contribution in [0.2, 0.25) is 0 Å². The molecule has 0 atom stereocenters. The molecule has 8 heteroatoms. The first-order chi connectivity index (χ1) is 12.6. The highest BCUT2D eigenvalue weighted by atomic mass is 32.1. The Bertz CT molecular complexity index is 756. The summed E-state index contributed by atoms with van der Waals surface area (Å²) in [4.78, 5) is 21.2. The number of carbonyl (C=O) groups excluding carboxylic acids is 1. The van der Waals surface area contributed by atoms with E-state index in [4.69, 9.17) is 9.47 Å². The van der Waals surface area contributed by atoms with Crippen LogP contribution in [0, 0.1) is 0 Å². The number of benzene rings is 1. The van der Waals surface area contributed by atoms with Crippen LogP contribution in [0.25, 0.3) is 10.2 Å². The number of methoxy groups -OCH3 is 1. The van der Waals surface area contributed by atoms with Gasteiger partial charge in [-0.3, -0.25) is 4.79 Å². The summed E-state index contributed by atoms with van der Waals surface area (Å²) < 4.78 is 12.0. The van der Waals surface area contributed by atoms with Crippen molar-refractivity contribution in [2.45, 2.75) is 12.8 Å². The van der Waals surface area contributed by atoms with E-state index >= 15 is 0 Å². The molecular formula is C18H26N4O3S. The van der Waals surface area contributed by atoms with Gasteiger partial charge in [-0.2, -0.15) is 0 Å². The second-order valence-electron chi connectivity index (χ2n) is 6.54. The zero-order valence-corrected chi connectivity index (χ0v) is 16.4. The molecule has 3 rings (SSSR count). The minimum Gasteiger partial charge on any atom is -0.494 e. The average Bonchev–Trinajstić information content (AvgIpc) is 3.04. The van der Waals surface area contributed by atoms with Crippen molar-refractivity contribution in [3.63, 3.8) is 0 Å². The van der Waals surface area contributed by atoms with Crippen LogP contribution in [0.5, 0.6) is 5.75 Å². The van der Waals surface area contributed by atoms with Gasteiger partial charge in [0.1, 0.15) is 11.3 Å². The largest absolute Gasteiger partial charge is 0.494 e. The summed E-state index contributed by atoms with van der Waals surface area (Å²) >= 11 is 1.50. The number of ether oxygens (including phenoxy) is 2. The number of hydrogen-bond donors (Lipinski definition) is 1. The van der Waals surface area contributed by atoms with Crippen LogP contribution in [0.3, 0.4) is 0 Å². The fraction of sp³-hybridized carbons (Fsp3) is 0.556. The molecule has 26 heavy (non-hydrogen) atoms. The number of anilines is 2. The maximum absolute atomic E-state index is 12.2. The molecular weight excluding hydrogens is 352 g/mol. The summed E-state index contributed by atoms with van der Waals surface area (Å²) in [5.74, 6) is 0.721. The van der Waals surface area contributed by atoms with Crippen molar-refractivity contribution in [3.05, 3.63) is 12.1 Å². The summed E-state index contributed by atoms with van der Waals surface area (Å²) in [6.07, 6.45) is 1.31. The van der Waals surface area contributed by atoms with E-state index in [1.54, 1.807) is 7.11 Å². The molecule has 0 aliphatic carbocycles. The number of thiazole rings is 1. The number of morpholine rings is 1. The molecule has 1 aliphatic rings. The Kier molecular flexibility index (Phi) is 6.29. The normalized spacial score (nSPS) is 14.8. The van der Waals surface area contributed by atoms with Gasteiger partial charge in [0.2, 0.25) is 5.91 Å². The highest BCUT2D eigenvalue weighted by Crippen LogP contribution is 2.39. The van der Waals surface area contributed by atoms with Crippen LogP contribution in [-0.2, 0) is 9.53 Å². The number of aromatic nitrogens is 1. The maximum Gasteiger partial charge on any atom is 0.226 e. The number of carbonyl (C=O) groups is 1. The second-order valence-corrected chi connectivity index (χ2v) is 7.54. The molecule has 1 fully saturated rings. The average molecular weight is 378 g/mol. The third-order valence-electron chi connectivity index (χ3n) is 4.31. The lowest BCUT2D eigenvalue weighted by molar-refractivity contribution is -0.116. The van der Waals surface area contributed by atoms with Gasteiger partial charge in [0.15, 0.2) is 5.13 Å². The van der Waals surface area contributed by atoms with Crippen molar-refractivity contribution in [2.24, 2.45) is 0 Å². The first-order valence-electron chi connectivity index (χ1n) is 8.83. The third-order valence-corrected chi connectivity index (χ3v) is 5.31. The number of fused-ring (bicyclic) bond motifs is 1. The molecule has 0 unspecified atom stereocenters. The molecule has 7 nitrogen and oxygen atoms in total. The van der Waals surface area contributed by atoms with Crippen molar-refractivity contribution < 1.29 is 14.3 Å². The van der Waals surface area contributed by atoms with Crippen LogP contribution >= 0.6 is 11.3 Å². The standard InChI is InChI=1S/C18H26N4O3S/c1-21(2)8-4-5-15(23)19-18-20-16-14(24-3)7-6-13(17(16)26-18)22-9-11-25-12-10-22/h6-7H,4-5,8-12H2,1-3H3,(H,19,20,23). The molecule has 1 amide bonds. The molecule has 1 aromatic heterocycles. The van der Waals surface area contributed by atoms with Gasteiger partial charge in [-0.05, 0) is 39.2 Å². The van der Waals surface area contributed by atoms with E-state index in [1.165, 1.54) is 11.3 Å². The van der Waals surface area contributed by atoms with Crippen molar-refractivity contribution >= 4 is 38.3 Å². The lowest BCUT2D eigenvalue weighted by Gasteiger charge is -2.29. The summed E-state index contributed by atoms with van der Waals surface area (Å²) in [7, 11) is 5.65. The molecule has 0 radical (unpaired) electrons. The van der Waals surface area contributed by atoms with E-state index in [9.17, 15) is 4.79 Å². The molecule has 2 heterocycles. The molecule has 2 aromatic rings. The van der Waals surface area contributed by atoms with E-state index in [-0.39, 0.29) is 5.91 Å². The molecule has 142 valence electrons. The van der Waals surface area contributed by atoms with E-state index in [1.807, 2.05) is 20.2 Å². The highest BCUT2D eigenvalue weighted by molar-refractivity contribution is 7.23. The number of rotatable bonds is 7. The van der Waals surface area contributed by atoms with Gasteiger partial charge in [0.05, 0.1) is 30.7 Å². The van der Waals surface area contributed by atoms with Gasteiger partial charge in [-0.15, -0.1) is 0 Å². The second kappa shape index (κ2) is 8.66. The summed E-state index contributed by atoms with van der Waals surface area (Å²) in [6.45, 7) is 4.04. The van der Waals surface area contributed by atoms with Crippen LogP contribution in [0.1, 0.15) is 12.8 Å². The number of amides is 1. The Morgan fingerprint density at radius 1 is 1.38 bits per heavy atom. The first kappa shape index (κ1) is 18.9. The molecule has 1 aromatic carbocycles. The maximum atomic E-state index is 12.2. The van der Waals surface area contributed by atoms with Gasteiger partial charge >= 0.3 is 0 Å². The lowest BCUT2D eigenvalue weighted by Crippen LogP contribution is -2.36. The highest BCUT2D eigenvalue weighted by Gasteiger charge is 2.19. The zero-order valence-electron chi connectivity index (χ0n) is 15.6. The number of nitrogens with one attached hydrogen (secondary N) is 1. The van der Waals surface area contributed by atoms with Crippen molar-refractivity contribution in [2.75, 3.05) is 64.3 Å². The third kappa shape index (κ3) is 4.44. The Morgan fingerprint density at radius 3 is 2.85 bits per heavy atom. The SMILES string of the molecule is COc1ccc(N2CCOCC2)c2sc(NC(=O)CCCN(C)C)nc12. The Balaban J connectivity index is 1.80. The van der Waals surface area contributed by atoms with Gasteiger partial charge in [0, 0.05) is 19.5 Å². The minimum absolute atomic E-state index is 0.00204. The van der Waals surface area contributed by atoms with Gasteiger partial charge in [-0.1, -0.05) is 11.3 Å². The van der Waals surface area contributed by atoms with Crippen LogP contribution in [0.4, 0.5) is 10.8 Å². The van der Waals surface area contributed by atoms with Gasteiger partial charge < -0.3 is 24.6 Å². The minimum atomic E-state index is -0.00204. The van der Waals surface area contributed by atoms with Gasteiger partial charge in [0.25, 0.3) is 0 Å². The Morgan fingerprint density at radius 2 is 2.15 bits per heavy atom. The van der Waals surface area contributed by atoms with Crippen molar-refractivity contribution in [1.82, 2.24) is 9.88 Å². The smallest absolute Gasteiger partial charge is 0.226 e. The summed E-state index contributed by atoms with van der Waals surface area (Å²) in [6, 6.07) is 4.00. The predicted octanol–water partition coefficient (Wildman–Crippen LogP) is 2.42. The summed E-state index contributed by atoms with van der Waals surface area (Å²) in [5, 5.41) is 3.56. The molecule has 1 aliphatic heterocycles. The molecule has 1 saturated heterocycles. The van der Waals surface area contributed by atoms with Crippen molar-refractivity contribution in [3.8, 4) is 5.75 Å². The fourth-order valence-electron chi connectivity index (χ4n) is 2.98. The van der Waals surface area contributed by atoms with E-state index < -0.39 is 0 Å². The van der Waals surface area contributed by atoms with Crippen LogP contribution in [-0.4, -0.2) is 69.8 Å². The molecule has 0 bridgehead atoms. The van der Waals surface area contributed by atoms with E-state index in [0.717, 1.165) is 60.9 Å². The predicted molar refractivity (Wildman–Crippen MR) is 106 cm³/mol. The van der Waals surface area contributed by atoms with Gasteiger partial charge in [-0.25, -0.2) is 4.98 Å². The topological polar surface area (TPSA) is 66.9 Å². The molecule has 0 saturated carbocycles. The number of hydrogen-bond acceptors (Lipinski definition) is 7. The lowest BCUT2D eigenvalue weighted by atomic mass is 10.2. The molecule has 0 spiro atoms. The van der Waals surface area contributed by atoms with Crippen LogP contribution < -0.4 is 15.0 Å². The number of nitrogens with zero attached hydrogens (tertiary/aromatic N) is 3. The quantitative estimate of drug-likeness (QED) is 0.798. The Hall–Kier alpha value is -1.90. The zero-order chi connectivity index (χ0) is 18.5.